The number of nitrogens with zero attached hydrogens (tertiary/aromatic N) is 1. The molecule has 1 N–H and O–H groups in total. The summed E-state index contributed by atoms with van der Waals surface area (Å²) in [5.41, 5.74) is 1.09. The van der Waals surface area contributed by atoms with Crippen molar-refractivity contribution in [3.63, 3.8) is 0 Å². The van der Waals surface area contributed by atoms with Gasteiger partial charge in [-0.2, -0.15) is 0 Å². The van der Waals surface area contributed by atoms with E-state index in [2.05, 4.69) is 5.32 Å². The van der Waals surface area contributed by atoms with Gasteiger partial charge in [-0.15, -0.1) is 0 Å². The quantitative estimate of drug-likeness (QED) is 0.757. The Bertz CT molecular complexity index is 514. The highest BCUT2D eigenvalue weighted by molar-refractivity contribution is 5.81. The zero-order chi connectivity index (χ0) is 16.7. The summed E-state index contributed by atoms with van der Waals surface area (Å²) >= 11 is 0. The van der Waals surface area contributed by atoms with Crippen LogP contribution < -0.4 is 5.32 Å². The molecule has 0 aliphatic heterocycles. The van der Waals surface area contributed by atoms with Gasteiger partial charge in [-0.25, -0.2) is 0 Å². The molecule has 0 heterocycles. The molecule has 0 unspecified atom stereocenters. The predicted octanol–water partition coefficient (Wildman–Crippen LogP) is 1.97. The topological polar surface area (TPSA) is 58.6 Å². The highest BCUT2D eigenvalue weighted by atomic mass is 16.5. The van der Waals surface area contributed by atoms with E-state index in [1.165, 1.54) is 12.8 Å². The third-order valence-corrected chi connectivity index (χ3v) is 3.97. The highest BCUT2D eigenvalue weighted by Gasteiger charge is 2.24. The van der Waals surface area contributed by atoms with Gasteiger partial charge in [0.2, 0.25) is 11.8 Å². The third-order valence-electron chi connectivity index (χ3n) is 3.97. The Morgan fingerprint density at radius 3 is 2.65 bits per heavy atom. The van der Waals surface area contributed by atoms with Gasteiger partial charge in [0, 0.05) is 26.6 Å². The van der Waals surface area contributed by atoms with Gasteiger partial charge < -0.3 is 15.0 Å². The van der Waals surface area contributed by atoms with Crippen LogP contribution in [0, 0.1) is 5.92 Å². The van der Waals surface area contributed by atoms with Crippen LogP contribution >= 0.6 is 0 Å². The van der Waals surface area contributed by atoms with Crippen molar-refractivity contribution in [2.75, 3.05) is 20.2 Å². The summed E-state index contributed by atoms with van der Waals surface area (Å²) in [6, 6.07) is 9.84. The largest absolute Gasteiger partial charge is 0.368 e. The van der Waals surface area contributed by atoms with E-state index < -0.39 is 6.10 Å². The summed E-state index contributed by atoms with van der Waals surface area (Å²) in [7, 11) is 1.78. The first-order chi connectivity index (χ1) is 11.1. The lowest BCUT2D eigenvalue weighted by Gasteiger charge is -2.18. The number of nitrogens with one attached hydrogen (secondary N) is 1. The maximum Gasteiger partial charge on any atom is 0.248 e. The van der Waals surface area contributed by atoms with Crippen molar-refractivity contribution in [3.05, 3.63) is 35.9 Å². The van der Waals surface area contributed by atoms with Crippen molar-refractivity contribution >= 4 is 11.8 Å². The van der Waals surface area contributed by atoms with Gasteiger partial charge >= 0.3 is 0 Å². The van der Waals surface area contributed by atoms with Crippen molar-refractivity contribution in [2.45, 2.75) is 38.8 Å². The Labute approximate surface area is 138 Å². The lowest BCUT2D eigenvalue weighted by Crippen LogP contribution is -2.37. The number of carbonyl (C=O) groups is 2. The monoisotopic (exact) mass is 318 g/mol. The van der Waals surface area contributed by atoms with E-state index in [0.717, 1.165) is 5.56 Å². The first-order valence-electron chi connectivity index (χ1n) is 8.23. The van der Waals surface area contributed by atoms with Crippen molar-refractivity contribution in [1.82, 2.24) is 10.2 Å². The van der Waals surface area contributed by atoms with Crippen LogP contribution in [0.25, 0.3) is 0 Å². The van der Waals surface area contributed by atoms with Crippen LogP contribution in [-0.4, -0.2) is 43.0 Å². The zero-order valence-corrected chi connectivity index (χ0v) is 14.0. The molecule has 0 radical (unpaired) electrons. The van der Waals surface area contributed by atoms with Crippen molar-refractivity contribution in [1.29, 1.82) is 0 Å². The molecule has 0 spiro atoms. The molecule has 1 aliphatic rings. The van der Waals surface area contributed by atoms with E-state index in [-0.39, 0.29) is 11.8 Å². The second-order valence-electron chi connectivity index (χ2n) is 6.20. The number of hydrogen-bond acceptors (Lipinski definition) is 3. The molecule has 2 rings (SSSR count). The lowest BCUT2D eigenvalue weighted by molar-refractivity contribution is -0.133. The zero-order valence-electron chi connectivity index (χ0n) is 14.0. The second kappa shape index (κ2) is 8.67. The minimum atomic E-state index is -0.451. The molecule has 2 amide bonds. The molecule has 1 aromatic carbocycles. The first kappa shape index (κ1) is 17.5. The molecule has 0 saturated heterocycles. The van der Waals surface area contributed by atoms with Gasteiger partial charge in [-0.05, 0) is 31.2 Å². The molecule has 1 aliphatic carbocycles. The summed E-state index contributed by atoms with van der Waals surface area (Å²) in [6.07, 6.45) is 2.25. The van der Waals surface area contributed by atoms with E-state index >= 15 is 0 Å². The SMILES string of the molecule is C[C@H](OCC1CC1)C(=O)NCCC(=O)N(C)Cc1ccccc1. The molecule has 5 nitrogen and oxygen atoms in total. The number of rotatable bonds is 9. The number of ether oxygens (including phenoxy) is 1. The fourth-order valence-electron chi connectivity index (χ4n) is 2.21. The van der Waals surface area contributed by atoms with Crippen LogP contribution in [0.15, 0.2) is 30.3 Å². The van der Waals surface area contributed by atoms with Gasteiger partial charge in [0.05, 0.1) is 6.61 Å². The maximum absolute atomic E-state index is 12.1. The van der Waals surface area contributed by atoms with Crippen LogP contribution in [0.2, 0.25) is 0 Å². The van der Waals surface area contributed by atoms with Crippen LogP contribution in [0.3, 0.4) is 0 Å². The van der Waals surface area contributed by atoms with Crippen LogP contribution in [0.5, 0.6) is 0 Å². The van der Waals surface area contributed by atoms with E-state index in [1.54, 1.807) is 18.9 Å². The van der Waals surface area contributed by atoms with Crippen molar-refractivity contribution in [2.24, 2.45) is 5.92 Å². The molecule has 23 heavy (non-hydrogen) atoms. The average molecular weight is 318 g/mol. The Morgan fingerprint density at radius 2 is 2.00 bits per heavy atom. The fourth-order valence-corrected chi connectivity index (χ4v) is 2.21. The van der Waals surface area contributed by atoms with Gasteiger partial charge in [0.25, 0.3) is 0 Å². The summed E-state index contributed by atoms with van der Waals surface area (Å²) in [4.78, 5) is 25.6. The molecule has 126 valence electrons. The van der Waals surface area contributed by atoms with E-state index in [0.29, 0.717) is 32.0 Å². The Hall–Kier alpha value is -1.88. The van der Waals surface area contributed by atoms with E-state index in [1.807, 2.05) is 30.3 Å². The average Bonchev–Trinajstić information content (AvgIpc) is 3.37. The first-order valence-corrected chi connectivity index (χ1v) is 8.23. The van der Waals surface area contributed by atoms with Crippen LogP contribution in [-0.2, 0) is 20.9 Å². The minimum absolute atomic E-state index is 0.0145. The molecule has 0 aromatic heterocycles. The van der Waals surface area contributed by atoms with E-state index in [9.17, 15) is 9.59 Å². The van der Waals surface area contributed by atoms with E-state index in [4.69, 9.17) is 4.74 Å². The standard InChI is InChI=1S/C18H26N2O3/c1-14(23-13-16-8-9-16)18(22)19-11-10-17(21)20(2)12-15-6-4-3-5-7-15/h3-7,14,16H,8-13H2,1-2H3,(H,19,22)/t14-/m0/s1. The Balaban J connectivity index is 1.62. The van der Waals surface area contributed by atoms with Crippen LogP contribution in [0.1, 0.15) is 31.7 Å². The second-order valence-corrected chi connectivity index (χ2v) is 6.20. The van der Waals surface area contributed by atoms with Crippen molar-refractivity contribution in [3.8, 4) is 0 Å². The Kier molecular flexibility index (Phi) is 6.59. The number of benzene rings is 1. The summed E-state index contributed by atoms with van der Waals surface area (Å²) in [5.74, 6) is 0.503. The predicted molar refractivity (Wildman–Crippen MR) is 88.7 cm³/mol. The molecule has 1 atom stereocenters. The summed E-state index contributed by atoms with van der Waals surface area (Å²) in [5, 5.41) is 2.76. The minimum Gasteiger partial charge on any atom is -0.368 e. The highest BCUT2D eigenvalue weighted by Crippen LogP contribution is 2.29. The van der Waals surface area contributed by atoms with Gasteiger partial charge in [-0.1, -0.05) is 30.3 Å². The summed E-state index contributed by atoms with van der Waals surface area (Å²) in [6.45, 7) is 3.33. The number of amides is 2. The normalized spacial score (nSPS) is 15.0. The molecule has 1 fully saturated rings. The molecule has 0 bridgehead atoms. The maximum atomic E-state index is 12.1. The number of hydrogen-bond donors (Lipinski definition) is 1. The molecule has 1 saturated carbocycles. The van der Waals surface area contributed by atoms with Gasteiger partial charge in [0.15, 0.2) is 0 Å². The third kappa shape index (κ3) is 6.40. The number of carbonyl (C=O) groups excluding carboxylic acids is 2. The van der Waals surface area contributed by atoms with Crippen LogP contribution in [0.4, 0.5) is 0 Å². The lowest BCUT2D eigenvalue weighted by atomic mass is 10.2. The molecular formula is C18H26N2O3. The molecule has 5 heteroatoms. The smallest absolute Gasteiger partial charge is 0.248 e. The molecule has 1 aromatic rings. The Morgan fingerprint density at radius 1 is 1.30 bits per heavy atom. The fraction of sp³-hybridized carbons (Fsp3) is 0.556. The van der Waals surface area contributed by atoms with Crippen molar-refractivity contribution < 1.29 is 14.3 Å². The molecular weight excluding hydrogens is 292 g/mol. The summed E-state index contributed by atoms with van der Waals surface area (Å²) < 4.78 is 5.50. The van der Waals surface area contributed by atoms with Gasteiger partial charge in [0.1, 0.15) is 6.10 Å². The van der Waals surface area contributed by atoms with Gasteiger partial charge in [-0.3, -0.25) is 9.59 Å².